The number of hydrogen-bond acceptors (Lipinski definition) is 3. The SMILES string of the molecule is BC1(B)N(C)c2c(C)c([C@H](OC(C)(C)C)C(=O)O)c(-c3ccc(Cl)cc3)c3cc(C)n(c23)C1(B)B. The second-order valence-electron chi connectivity index (χ2n) is 11.8. The number of aliphatic carboxylic acids is 1. The number of hydrogen-bond donors (Lipinski definition) is 1. The predicted molar refractivity (Wildman–Crippen MR) is 156 cm³/mol. The molecule has 0 bridgehead atoms. The van der Waals surface area contributed by atoms with Gasteiger partial charge in [0.05, 0.1) is 16.8 Å². The van der Waals surface area contributed by atoms with Crippen molar-refractivity contribution in [3.05, 3.63) is 52.2 Å². The van der Waals surface area contributed by atoms with Crippen LogP contribution in [0.15, 0.2) is 30.3 Å². The van der Waals surface area contributed by atoms with Crippen molar-refractivity contribution in [2.45, 2.75) is 57.0 Å². The van der Waals surface area contributed by atoms with Crippen molar-refractivity contribution in [1.29, 1.82) is 0 Å². The lowest BCUT2D eigenvalue weighted by Crippen LogP contribution is -2.68. The number of likely N-dealkylation sites (N-methyl/N-ethyl adjacent to an activating group) is 1. The lowest BCUT2D eigenvalue weighted by Gasteiger charge is -2.56. The zero-order valence-electron chi connectivity index (χ0n) is 22.5. The summed E-state index contributed by atoms with van der Waals surface area (Å²) >= 11 is 6.23. The Hall–Kier alpha value is -2.24. The number of halogens is 1. The van der Waals surface area contributed by atoms with E-state index in [2.05, 4.69) is 60.9 Å². The quantitative estimate of drug-likeness (QED) is 0.570. The van der Waals surface area contributed by atoms with Gasteiger partial charge in [0.2, 0.25) is 0 Å². The lowest BCUT2D eigenvalue weighted by atomic mass is 9.36. The van der Waals surface area contributed by atoms with Gasteiger partial charge >= 0.3 is 5.97 Å². The van der Waals surface area contributed by atoms with E-state index >= 15 is 0 Å². The highest BCUT2D eigenvalue weighted by Crippen LogP contribution is 2.51. The molecular weight excluding hydrogens is 455 g/mol. The summed E-state index contributed by atoms with van der Waals surface area (Å²) in [6.07, 6.45) is -1.13. The molecule has 10 heteroatoms. The number of ether oxygens (including phenoxy) is 1. The molecule has 1 aromatic heterocycles. The second kappa shape index (κ2) is 8.14. The molecule has 0 saturated heterocycles. The van der Waals surface area contributed by atoms with Gasteiger partial charge in [-0.2, -0.15) is 0 Å². The summed E-state index contributed by atoms with van der Waals surface area (Å²) in [7, 11) is 11.1. The first kappa shape index (κ1) is 25.8. The molecule has 2 aromatic carbocycles. The number of nitrogens with zero attached hydrogens (tertiary/aromatic N) is 2. The van der Waals surface area contributed by atoms with E-state index in [1.54, 1.807) is 0 Å². The van der Waals surface area contributed by atoms with Crippen LogP contribution in [0.3, 0.4) is 0 Å². The van der Waals surface area contributed by atoms with E-state index < -0.39 is 17.7 Å². The van der Waals surface area contributed by atoms with E-state index in [1.807, 2.05) is 52.0 Å². The Labute approximate surface area is 216 Å². The summed E-state index contributed by atoms with van der Waals surface area (Å²) in [6, 6.07) is 9.83. The van der Waals surface area contributed by atoms with Gasteiger partial charge in [0, 0.05) is 28.7 Å². The van der Waals surface area contributed by atoms with E-state index in [4.69, 9.17) is 16.3 Å². The number of carbonyl (C=O) groups is 1. The van der Waals surface area contributed by atoms with Crippen molar-refractivity contribution in [2.24, 2.45) is 0 Å². The molecule has 0 amide bonds. The third-order valence-corrected chi connectivity index (χ3v) is 8.28. The highest BCUT2D eigenvalue weighted by atomic mass is 35.5. The highest BCUT2D eigenvalue weighted by Gasteiger charge is 2.48. The maximum absolute atomic E-state index is 12.7. The minimum Gasteiger partial charge on any atom is -0.479 e. The van der Waals surface area contributed by atoms with Crippen LogP contribution < -0.4 is 4.90 Å². The van der Waals surface area contributed by atoms with Crippen LogP contribution in [0.4, 0.5) is 5.69 Å². The van der Waals surface area contributed by atoms with Crippen LogP contribution >= 0.6 is 11.6 Å². The number of carboxylic acid groups (broad SMARTS) is 1. The molecule has 2 heterocycles. The largest absolute Gasteiger partial charge is 0.479 e. The molecule has 1 N–H and O–H groups in total. The van der Waals surface area contributed by atoms with Crippen molar-refractivity contribution >= 4 is 65.5 Å². The number of aromatic nitrogens is 1. The van der Waals surface area contributed by atoms with Gasteiger partial charge in [-0.15, -0.1) is 0 Å². The molecule has 5 nitrogen and oxygen atoms in total. The average molecular weight is 488 g/mol. The Morgan fingerprint density at radius 3 is 2.17 bits per heavy atom. The molecule has 1 atom stereocenters. The first-order valence-corrected chi connectivity index (χ1v) is 12.5. The number of aryl methyl sites for hydroxylation is 1. The van der Waals surface area contributed by atoms with E-state index in [0.29, 0.717) is 10.6 Å². The van der Waals surface area contributed by atoms with Gasteiger partial charge in [-0.05, 0) is 80.2 Å². The van der Waals surface area contributed by atoms with Crippen molar-refractivity contribution in [3.8, 4) is 11.1 Å². The van der Waals surface area contributed by atoms with Crippen molar-refractivity contribution in [1.82, 2.24) is 4.57 Å². The fourth-order valence-corrected chi connectivity index (χ4v) is 5.76. The van der Waals surface area contributed by atoms with Gasteiger partial charge < -0.3 is 19.3 Å². The van der Waals surface area contributed by atoms with Crippen molar-refractivity contribution in [3.63, 3.8) is 0 Å². The summed E-state index contributed by atoms with van der Waals surface area (Å²) in [5.41, 5.74) is 6.09. The minimum atomic E-state index is -1.13. The number of carboxylic acids is 1. The molecule has 0 unspecified atom stereocenters. The topological polar surface area (TPSA) is 54.7 Å². The Kier molecular flexibility index (Phi) is 6.01. The Bertz CT molecular complexity index is 1340. The minimum absolute atomic E-state index is 0.208. The third kappa shape index (κ3) is 3.82. The molecule has 1 aliphatic rings. The van der Waals surface area contributed by atoms with Crippen LogP contribution in [0.2, 0.25) is 5.02 Å². The van der Waals surface area contributed by atoms with Gasteiger partial charge in [-0.3, -0.25) is 0 Å². The van der Waals surface area contributed by atoms with Crippen molar-refractivity contribution < 1.29 is 14.6 Å². The van der Waals surface area contributed by atoms with E-state index in [9.17, 15) is 9.90 Å². The highest BCUT2D eigenvalue weighted by molar-refractivity contribution is 6.55. The Morgan fingerprint density at radius 2 is 1.66 bits per heavy atom. The maximum atomic E-state index is 12.7. The molecular formula is C25H33B4ClN2O3. The molecule has 3 aromatic rings. The van der Waals surface area contributed by atoms with Crippen molar-refractivity contribution in [2.75, 3.05) is 11.9 Å². The van der Waals surface area contributed by atoms with Crippen LogP contribution in [0, 0.1) is 13.8 Å². The normalized spacial score (nSPS) is 17.5. The first-order valence-electron chi connectivity index (χ1n) is 12.1. The van der Waals surface area contributed by atoms with Gasteiger partial charge in [0.15, 0.2) is 6.10 Å². The summed E-state index contributed by atoms with van der Waals surface area (Å²) in [5, 5.41) is 11.7. The van der Waals surface area contributed by atoms with Crippen LogP contribution in [-0.4, -0.2) is 65.0 Å². The predicted octanol–water partition coefficient (Wildman–Crippen LogP) is 1.77. The third-order valence-electron chi connectivity index (χ3n) is 8.03. The molecule has 0 fully saturated rings. The number of benzene rings is 2. The number of anilines is 1. The van der Waals surface area contributed by atoms with Crippen LogP contribution in [0.5, 0.6) is 0 Å². The average Bonchev–Trinajstić information content (AvgIpc) is 3.07. The molecule has 1 aliphatic heterocycles. The van der Waals surface area contributed by atoms with Gasteiger partial charge in [-0.25, -0.2) is 4.79 Å². The molecule has 0 aliphatic carbocycles. The second-order valence-corrected chi connectivity index (χ2v) is 12.2. The summed E-state index contributed by atoms with van der Waals surface area (Å²) in [4.78, 5) is 15.1. The maximum Gasteiger partial charge on any atom is 0.337 e. The molecule has 180 valence electrons. The fraction of sp³-hybridized carbons (Fsp3) is 0.400. The molecule has 35 heavy (non-hydrogen) atoms. The Morgan fingerprint density at radius 1 is 1.09 bits per heavy atom. The number of rotatable bonds is 4. The van der Waals surface area contributed by atoms with E-state index in [0.717, 1.165) is 39.0 Å². The van der Waals surface area contributed by atoms with Crippen LogP contribution in [-0.2, 0) is 14.9 Å². The molecule has 4 rings (SSSR count). The van der Waals surface area contributed by atoms with Gasteiger partial charge in [0.1, 0.15) is 31.4 Å². The summed E-state index contributed by atoms with van der Waals surface area (Å²) < 4.78 is 8.66. The lowest BCUT2D eigenvalue weighted by molar-refractivity contribution is -0.160. The van der Waals surface area contributed by atoms with Gasteiger partial charge in [-0.1, -0.05) is 23.7 Å². The Balaban J connectivity index is 2.24. The summed E-state index contributed by atoms with van der Waals surface area (Å²) in [5.74, 6) is -1.00. The molecule has 0 spiro atoms. The molecule has 0 saturated carbocycles. The smallest absolute Gasteiger partial charge is 0.337 e. The standard InChI is InChI=1S/C25H33B4ClN2O3/c1-12-11-16-18(14-7-9-15(30)10-8-14)17(21(22(33)34)35-23(3,4)5)13(2)19-20(16)32(12)25(28,29)24(26,27)31(19)6/h7-11,21H,26-29H2,1-6H3,(H,33,34)/t21-/m0/s1. The summed E-state index contributed by atoms with van der Waals surface area (Å²) in [6.45, 7) is 9.83. The fourth-order valence-electron chi connectivity index (χ4n) is 5.64. The first-order chi connectivity index (χ1) is 16.0. The van der Waals surface area contributed by atoms with Crippen LogP contribution in [0.25, 0.3) is 22.0 Å². The van der Waals surface area contributed by atoms with Crippen LogP contribution in [0.1, 0.15) is 43.7 Å². The molecule has 0 radical (unpaired) electrons. The zero-order chi connectivity index (χ0) is 26.2. The van der Waals surface area contributed by atoms with E-state index in [-0.39, 0.29) is 10.7 Å². The van der Waals surface area contributed by atoms with E-state index in [1.165, 1.54) is 0 Å². The monoisotopic (exact) mass is 488 g/mol. The zero-order valence-corrected chi connectivity index (χ0v) is 23.3. The van der Waals surface area contributed by atoms with Gasteiger partial charge in [0.25, 0.3) is 0 Å².